The second-order valence-electron chi connectivity index (χ2n) is 1.77. The minimum absolute atomic E-state index is 0.840. The molecule has 0 saturated carbocycles. The molecule has 0 aromatic rings. The van der Waals surface area contributed by atoms with Gasteiger partial charge in [0, 0.05) is 0 Å². The molecule has 0 unspecified atom stereocenters. The van der Waals surface area contributed by atoms with Gasteiger partial charge in [-0.2, -0.15) is 0 Å². The first-order valence-corrected chi connectivity index (χ1v) is 8.24. The van der Waals surface area contributed by atoms with Crippen molar-refractivity contribution in [2.75, 3.05) is 0 Å². The second-order valence-corrected chi connectivity index (χ2v) is 8.30. The standard InChI is InChI=1S/3C3H5.Ir/c3*1-3-2;/h3*3H,1-2H2;. The molecule has 0 aliphatic carbocycles. The molecule has 1 heteroatoms. The SMILES string of the molecule is C=C[CH2][Ir]([CH2]C=C)[CH2]C=C. The Morgan fingerprint density at radius 1 is 0.800 bits per heavy atom. The average Bonchev–Trinajstić information content (AvgIpc) is 1.90. The van der Waals surface area contributed by atoms with E-state index in [1.807, 2.05) is 18.2 Å². The molecule has 0 rings (SSSR count). The van der Waals surface area contributed by atoms with Crippen LogP contribution in [0.5, 0.6) is 0 Å². The molecule has 10 heavy (non-hydrogen) atoms. The van der Waals surface area contributed by atoms with Crippen molar-refractivity contribution >= 4 is 0 Å². The maximum atomic E-state index is 3.74. The molecule has 0 nitrogen and oxygen atoms in total. The molecule has 0 saturated heterocycles. The molecule has 0 radical (unpaired) electrons. The summed E-state index contributed by atoms with van der Waals surface area (Å²) in [4.78, 5) is 3.70. The van der Waals surface area contributed by atoms with Crippen LogP contribution in [0.2, 0.25) is 14.8 Å². The molecular formula is C9H15Ir. The van der Waals surface area contributed by atoms with Gasteiger partial charge in [0.2, 0.25) is 0 Å². The van der Waals surface area contributed by atoms with E-state index in [0.29, 0.717) is 0 Å². The predicted octanol–water partition coefficient (Wildman–Crippen LogP) is 3.42. The van der Waals surface area contributed by atoms with Gasteiger partial charge in [-0.3, -0.25) is 0 Å². The van der Waals surface area contributed by atoms with Crippen molar-refractivity contribution in [1.82, 2.24) is 0 Å². The van der Waals surface area contributed by atoms with Crippen LogP contribution in [-0.2, 0) is 16.5 Å². The van der Waals surface area contributed by atoms with Crippen LogP contribution in [0.1, 0.15) is 0 Å². The summed E-state index contributed by atoms with van der Waals surface area (Å²) in [5.41, 5.74) is 0. The van der Waals surface area contributed by atoms with Crippen molar-refractivity contribution in [1.29, 1.82) is 0 Å². The van der Waals surface area contributed by atoms with Gasteiger partial charge < -0.3 is 0 Å². The Kier molecular flexibility index (Phi) is 6.89. The molecule has 0 heterocycles. The zero-order valence-corrected chi connectivity index (χ0v) is 8.70. The Bertz CT molecular complexity index is 92.1. The van der Waals surface area contributed by atoms with E-state index in [2.05, 4.69) is 19.7 Å². The van der Waals surface area contributed by atoms with E-state index in [1.165, 1.54) is 14.8 Å². The van der Waals surface area contributed by atoms with Crippen LogP contribution in [-0.4, -0.2) is 0 Å². The van der Waals surface area contributed by atoms with E-state index in [4.69, 9.17) is 0 Å². The fourth-order valence-corrected chi connectivity index (χ4v) is 4.71. The number of allylic oxidation sites excluding steroid dienone is 3. The molecule has 0 spiro atoms. The number of hydrogen-bond donors (Lipinski definition) is 0. The quantitative estimate of drug-likeness (QED) is 0.659. The molecule has 0 fully saturated rings. The van der Waals surface area contributed by atoms with E-state index >= 15 is 0 Å². The van der Waals surface area contributed by atoms with Crippen molar-refractivity contribution in [2.45, 2.75) is 14.8 Å². The van der Waals surface area contributed by atoms with E-state index in [-0.39, 0.29) is 0 Å². The minimum atomic E-state index is -0.840. The first-order chi connectivity index (χ1) is 4.85. The fraction of sp³-hybridized carbons (Fsp3) is 0.333. The van der Waals surface area contributed by atoms with Crippen molar-refractivity contribution in [3.8, 4) is 0 Å². The molecule has 60 valence electrons. The molecule has 0 aliphatic heterocycles. The van der Waals surface area contributed by atoms with Crippen molar-refractivity contribution in [3.63, 3.8) is 0 Å². The molecule has 0 aromatic heterocycles. The molecule has 0 atom stereocenters. The molecule has 0 bridgehead atoms. The predicted molar refractivity (Wildman–Crippen MR) is 45.0 cm³/mol. The molecular weight excluding hydrogens is 300 g/mol. The summed E-state index contributed by atoms with van der Waals surface area (Å²) in [6, 6.07) is 0. The van der Waals surface area contributed by atoms with Gasteiger partial charge in [-0.15, -0.1) is 0 Å². The summed E-state index contributed by atoms with van der Waals surface area (Å²) >= 11 is -0.840. The Morgan fingerprint density at radius 2 is 1.10 bits per heavy atom. The Labute approximate surface area is 69.5 Å². The molecule has 0 amide bonds. The first-order valence-electron chi connectivity index (χ1n) is 3.16. The van der Waals surface area contributed by atoms with Crippen molar-refractivity contribution < 1.29 is 16.5 Å². The Balaban J connectivity index is 3.58. The van der Waals surface area contributed by atoms with E-state index in [9.17, 15) is 0 Å². The third kappa shape index (κ3) is 4.72. The van der Waals surface area contributed by atoms with Gasteiger partial charge >= 0.3 is 69.3 Å². The monoisotopic (exact) mass is 316 g/mol. The van der Waals surface area contributed by atoms with Crippen LogP contribution in [0.15, 0.2) is 38.0 Å². The van der Waals surface area contributed by atoms with Gasteiger partial charge in [0.1, 0.15) is 0 Å². The van der Waals surface area contributed by atoms with E-state index < -0.39 is 16.5 Å². The van der Waals surface area contributed by atoms with Gasteiger partial charge in [0.15, 0.2) is 0 Å². The summed E-state index contributed by atoms with van der Waals surface area (Å²) in [5.74, 6) is 0. The number of rotatable bonds is 6. The van der Waals surface area contributed by atoms with E-state index in [0.717, 1.165) is 0 Å². The molecule has 0 aliphatic rings. The zero-order chi connectivity index (χ0) is 7.82. The van der Waals surface area contributed by atoms with Gasteiger partial charge in [-0.1, -0.05) is 0 Å². The van der Waals surface area contributed by atoms with Crippen LogP contribution in [0.4, 0.5) is 0 Å². The van der Waals surface area contributed by atoms with E-state index in [1.54, 1.807) is 0 Å². The van der Waals surface area contributed by atoms with Crippen LogP contribution < -0.4 is 0 Å². The third-order valence-corrected chi connectivity index (χ3v) is 7.09. The third-order valence-electron chi connectivity index (χ3n) is 0.866. The summed E-state index contributed by atoms with van der Waals surface area (Å²) in [6.07, 6.45) is 6.09. The van der Waals surface area contributed by atoms with Crippen LogP contribution in [0, 0.1) is 0 Å². The van der Waals surface area contributed by atoms with Gasteiger partial charge in [-0.25, -0.2) is 0 Å². The van der Waals surface area contributed by atoms with Crippen LogP contribution >= 0.6 is 0 Å². The zero-order valence-electron chi connectivity index (χ0n) is 6.31. The summed E-state index contributed by atoms with van der Waals surface area (Å²) in [5, 5.41) is 0. The Morgan fingerprint density at radius 3 is 1.30 bits per heavy atom. The Hall–Kier alpha value is -0.131. The summed E-state index contributed by atoms with van der Waals surface area (Å²) in [7, 11) is 0. The number of hydrogen-bond acceptors (Lipinski definition) is 0. The van der Waals surface area contributed by atoms with Crippen LogP contribution in [0.3, 0.4) is 0 Å². The molecule has 0 aromatic carbocycles. The van der Waals surface area contributed by atoms with Crippen molar-refractivity contribution in [2.24, 2.45) is 0 Å². The van der Waals surface area contributed by atoms with Gasteiger partial charge in [0.25, 0.3) is 0 Å². The van der Waals surface area contributed by atoms with Gasteiger partial charge in [-0.05, 0) is 0 Å². The van der Waals surface area contributed by atoms with Gasteiger partial charge in [0.05, 0.1) is 0 Å². The summed E-state index contributed by atoms with van der Waals surface area (Å²) in [6.45, 7) is 11.2. The first kappa shape index (κ1) is 9.87. The van der Waals surface area contributed by atoms with Crippen LogP contribution in [0.25, 0.3) is 0 Å². The topological polar surface area (TPSA) is 0 Å². The maximum absolute atomic E-state index is 3.74. The van der Waals surface area contributed by atoms with Crippen molar-refractivity contribution in [3.05, 3.63) is 38.0 Å². The fourth-order valence-electron chi connectivity index (χ4n) is 0.575. The second kappa shape index (κ2) is 6.98. The normalized spacial score (nSPS) is 10.2. The summed E-state index contributed by atoms with van der Waals surface area (Å²) < 4.78 is 0. The molecule has 0 N–H and O–H groups in total. The average molecular weight is 315 g/mol.